The summed E-state index contributed by atoms with van der Waals surface area (Å²) in [6, 6.07) is 10.7. The highest BCUT2D eigenvalue weighted by molar-refractivity contribution is 7.09. The first-order valence-electron chi connectivity index (χ1n) is 11.5. The smallest absolute Gasteiger partial charge is 0.336 e. The molecule has 206 valence electrons. The van der Waals surface area contributed by atoms with Gasteiger partial charge in [0, 0.05) is 42.8 Å². The fourth-order valence-electron chi connectivity index (χ4n) is 3.33. The molecule has 0 spiro atoms. The van der Waals surface area contributed by atoms with E-state index < -0.39 is 36.4 Å². The predicted molar refractivity (Wildman–Crippen MR) is 138 cm³/mol. The summed E-state index contributed by atoms with van der Waals surface area (Å²) in [7, 11) is 4.19. The lowest BCUT2D eigenvalue weighted by Gasteiger charge is -2.23. The molecule has 0 amide bonds. The van der Waals surface area contributed by atoms with Crippen LogP contribution in [0.3, 0.4) is 0 Å². The van der Waals surface area contributed by atoms with Gasteiger partial charge < -0.3 is 25.3 Å². The Bertz CT molecular complexity index is 1170. The number of aromatic nitrogens is 2. The summed E-state index contributed by atoms with van der Waals surface area (Å²) in [6.07, 6.45) is 1.62. The molecule has 0 fully saturated rings. The van der Waals surface area contributed by atoms with Crippen molar-refractivity contribution in [1.29, 1.82) is 0 Å². The molecule has 4 N–H and O–H groups in total. The largest absolute Gasteiger partial charge is 0.481 e. The Labute approximate surface area is 223 Å². The standard InChI is InChI=1S/C19H23FN4S.C6H8O7/c1-22(2)9-10-23(15-19-4-3-11-25-19)13-16-12-21-24(14-16)18-7-5-17(20)6-8-18;7-3(8)1-6(13,5(11)12)2-4(9)10/h3-8,11-12,14H,9-10,13,15H2,1-2H3;13H,1-2H2,(H,7,8)(H,9,10)(H,11,12). The summed E-state index contributed by atoms with van der Waals surface area (Å²) >= 11 is 1.79. The maximum Gasteiger partial charge on any atom is 0.336 e. The fraction of sp³-hybridized carbons (Fsp3) is 0.360. The van der Waals surface area contributed by atoms with Crippen molar-refractivity contribution >= 4 is 29.2 Å². The predicted octanol–water partition coefficient (Wildman–Crippen LogP) is 2.39. The number of thiophene rings is 1. The molecule has 0 bridgehead atoms. The molecule has 0 aliphatic carbocycles. The molecule has 0 saturated heterocycles. The van der Waals surface area contributed by atoms with Crippen LogP contribution in [0.15, 0.2) is 54.2 Å². The summed E-state index contributed by atoms with van der Waals surface area (Å²) < 4.78 is 14.9. The molecule has 11 nitrogen and oxygen atoms in total. The average Bonchev–Trinajstić information content (AvgIpc) is 3.49. The number of hydrogen-bond acceptors (Lipinski definition) is 8. The number of carbonyl (C=O) groups is 3. The van der Waals surface area contributed by atoms with E-state index in [4.69, 9.17) is 20.4 Å². The minimum atomic E-state index is -2.74. The zero-order chi connectivity index (χ0) is 28.3. The number of aliphatic hydroxyl groups is 1. The Morgan fingerprint density at radius 1 is 1.00 bits per heavy atom. The molecule has 0 atom stereocenters. The highest BCUT2D eigenvalue weighted by Crippen LogP contribution is 2.17. The van der Waals surface area contributed by atoms with Crippen LogP contribution in [0.25, 0.3) is 5.69 Å². The van der Waals surface area contributed by atoms with Gasteiger partial charge in [0.25, 0.3) is 0 Å². The Morgan fingerprint density at radius 3 is 2.13 bits per heavy atom. The van der Waals surface area contributed by atoms with Gasteiger partial charge in [0.05, 0.1) is 24.7 Å². The number of likely N-dealkylation sites (N-methyl/N-ethyl adjacent to an activating group) is 1. The van der Waals surface area contributed by atoms with E-state index in [1.807, 2.05) is 12.4 Å². The Morgan fingerprint density at radius 2 is 1.63 bits per heavy atom. The number of halogens is 1. The first-order valence-corrected chi connectivity index (χ1v) is 12.3. The van der Waals surface area contributed by atoms with Gasteiger partial charge in [-0.2, -0.15) is 5.10 Å². The van der Waals surface area contributed by atoms with Gasteiger partial charge in [-0.15, -0.1) is 11.3 Å². The molecule has 3 aromatic rings. The van der Waals surface area contributed by atoms with Crippen LogP contribution in [0, 0.1) is 5.82 Å². The summed E-state index contributed by atoms with van der Waals surface area (Å²) in [5.41, 5.74) is -0.720. The first-order chi connectivity index (χ1) is 17.9. The van der Waals surface area contributed by atoms with E-state index in [-0.39, 0.29) is 5.82 Å². The Balaban J connectivity index is 0.000000332. The highest BCUT2D eigenvalue weighted by Gasteiger charge is 2.40. The summed E-state index contributed by atoms with van der Waals surface area (Å²) in [5, 5.41) is 40.3. The van der Waals surface area contributed by atoms with Crippen molar-refractivity contribution in [3.05, 3.63) is 70.4 Å². The molecule has 0 aliphatic heterocycles. The van der Waals surface area contributed by atoms with E-state index in [0.717, 1.165) is 37.4 Å². The van der Waals surface area contributed by atoms with Crippen LogP contribution < -0.4 is 0 Å². The third-order valence-electron chi connectivity index (χ3n) is 5.24. The minimum absolute atomic E-state index is 0.234. The second-order valence-corrected chi connectivity index (χ2v) is 9.87. The lowest BCUT2D eigenvalue weighted by molar-refractivity contribution is -0.170. The van der Waals surface area contributed by atoms with Crippen LogP contribution in [-0.2, 0) is 27.5 Å². The molecule has 0 saturated carbocycles. The molecule has 0 unspecified atom stereocenters. The number of aliphatic carboxylic acids is 3. The molecule has 13 heteroatoms. The number of benzene rings is 1. The number of carboxylic acids is 3. The van der Waals surface area contributed by atoms with E-state index in [1.54, 1.807) is 28.2 Å². The average molecular weight is 551 g/mol. The number of carboxylic acid groups (broad SMARTS) is 3. The van der Waals surface area contributed by atoms with E-state index in [9.17, 15) is 18.8 Å². The van der Waals surface area contributed by atoms with Crippen molar-refractivity contribution in [2.24, 2.45) is 0 Å². The van der Waals surface area contributed by atoms with E-state index in [0.29, 0.717) is 0 Å². The molecule has 0 radical (unpaired) electrons. The van der Waals surface area contributed by atoms with Crippen LogP contribution in [0.1, 0.15) is 23.3 Å². The zero-order valence-corrected chi connectivity index (χ0v) is 21.8. The molecule has 0 aliphatic rings. The Kier molecular flexibility index (Phi) is 11.5. The van der Waals surface area contributed by atoms with Crippen LogP contribution >= 0.6 is 11.3 Å². The number of rotatable bonds is 13. The maximum absolute atomic E-state index is 13.1. The van der Waals surface area contributed by atoms with Gasteiger partial charge in [0.1, 0.15) is 5.82 Å². The highest BCUT2D eigenvalue weighted by atomic mass is 32.1. The summed E-state index contributed by atoms with van der Waals surface area (Å²) in [6.45, 7) is 3.78. The van der Waals surface area contributed by atoms with Crippen molar-refractivity contribution in [2.75, 3.05) is 27.2 Å². The third-order valence-corrected chi connectivity index (χ3v) is 6.10. The fourth-order valence-corrected chi connectivity index (χ4v) is 4.07. The van der Waals surface area contributed by atoms with Gasteiger partial charge in [-0.1, -0.05) is 6.07 Å². The SMILES string of the molecule is CN(C)CCN(Cc1cnn(-c2ccc(F)cc2)c1)Cc1cccs1.O=C(O)CC(O)(CC(=O)O)C(=O)O. The van der Waals surface area contributed by atoms with Crippen molar-refractivity contribution in [2.45, 2.75) is 31.5 Å². The van der Waals surface area contributed by atoms with Crippen LogP contribution in [-0.4, -0.2) is 90.7 Å². The van der Waals surface area contributed by atoms with Gasteiger partial charge in [-0.05, 0) is 49.8 Å². The molecular weight excluding hydrogens is 519 g/mol. The second kappa shape index (κ2) is 14.3. The molecule has 2 heterocycles. The van der Waals surface area contributed by atoms with Gasteiger partial charge >= 0.3 is 17.9 Å². The van der Waals surface area contributed by atoms with E-state index in [2.05, 4.69) is 46.5 Å². The lowest BCUT2D eigenvalue weighted by atomic mass is 9.96. The molecule has 2 aromatic heterocycles. The van der Waals surface area contributed by atoms with Crippen LogP contribution in [0.2, 0.25) is 0 Å². The summed E-state index contributed by atoms with van der Waals surface area (Å²) in [5.74, 6) is -5.25. The van der Waals surface area contributed by atoms with Crippen molar-refractivity contribution < 1.29 is 39.2 Å². The van der Waals surface area contributed by atoms with Crippen LogP contribution in [0.4, 0.5) is 4.39 Å². The normalized spacial score (nSPS) is 11.3. The van der Waals surface area contributed by atoms with Gasteiger partial charge in [-0.25, -0.2) is 13.9 Å². The molecular formula is C25H31FN4O7S. The summed E-state index contributed by atoms with van der Waals surface area (Å²) in [4.78, 5) is 36.5. The van der Waals surface area contributed by atoms with E-state index >= 15 is 0 Å². The topological polar surface area (TPSA) is 156 Å². The number of nitrogens with zero attached hydrogens (tertiary/aromatic N) is 4. The third kappa shape index (κ3) is 10.4. The molecule has 38 heavy (non-hydrogen) atoms. The zero-order valence-electron chi connectivity index (χ0n) is 21.0. The quantitative estimate of drug-likeness (QED) is 0.249. The van der Waals surface area contributed by atoms with E-state index in [1.165, 1.54) is 17.0 Å². The second-order valence-electron chi connectivity index (χ2n) is 8.84. The minimum Gasteiger partial charge on any atom is -0.481 e. The molecule has 1 aromatic carbocycles. The van der Waals surface area contributed by atoms with Crippen LogP contribution in [0.5, 0.6) is 0 Å². The maximum atomic E-state index is 13.1. The van der Waals surface area contributed by atoms with Crippen molar-refractivity contribution in [3.63, 3.8) is 0 Å². The van der Waals surface area contributed by atoms with Crippen molar-refractivity contribution in [1.82, 2.24) is 19.6 Å². The monoisotopic (exact) mass is 550 g/mol. The van der Waals surface area contributed by atoms with Gasteiger partial charge in [-0.3, -0.25) is 14.5 Å². The van der Waals surface area contributed by atoms with Gasteiger partial charge in [0.15, 0.2) is 5.60 Å². The van der Waals surface area contributed by atoms with Gasteiger partial charge in [0.2, 0.25) is 0 Å². The number of hydrogen-bond donors (Lipinski definition) is 4. The first kappa shape index (κ1) is 30.6. The van der Waals surface area contributed by atoms with Crippen molar-refractivity contribution in [3.8, 4) is 5.69 Å². The lowest BCUT2D eigenvalue weighted by Crippen LogP contribution is -2.42. The molecule has 3 rings (SSSR count). The Hall–Kier alpha value is -3.65.